The van der Waals surface area contributed by atoms with Gasteiger partial charge in [-0.2, -0.15) is 13.2 Å². The Bertz CT molecular complexity index is 1800. The second-order valence-electron chi connectivity index (χ2n) is 11.7. The zero-order valence-electron chi connectivity index (χ0n) is 22.3. The third-order valence-corrected chi connectivity index (χ3v) is 8.35. The summed E-state index contributed by atoms with van der Waals surface area (Å²) in [5, 5.41) is 15.0. The molecule has 1 aliphatic carbocycles. The predicted octanol–water partition coefficient (Wildman–Crippen LogP) is 2.87. The molecule has 7 rings (SSSR count). The van der Waals surface area contributed by atoms with E-state index in [0.717, 1.165) is 35.4 Å². The number of nitrogens with one attached hydrogen (secondary N) is 2. The molecule has 0 spiro atoms. The molecule has 3 unspecified atom stereocenters. The number of ketones is 1. The molecule has 2 aromatic rings. The second kappa shape index (κ2) is 8.39. The number of aliphatic imine (C=N–C) groups is 2. The van der Waals surface area contributed by atoms with E-state index in [1.165, 1.54) is 10.9 Å². The van der Waals surface area contributed by atoms with Gasteiger partial charge in [0.2, 0.25) is 0 Å². The number of aromatic amines is 1. The van der Waals surface area contributed by atoms with Gasteiger partial charge in [0.15, 0.2) is 17.6 Å². The Kier molecular flexibility index (Phi) is 5.26. The number of nitrogens with zero attached hydrogens (tertiary/aromatic N) is 4. The number of hydrogen-bond donors (Lipinski definition) is 3. The molecule has 4 aliphatic heterocycles. The zero-order chi connectivity index (χ0) is 28.8. The SMILES string of the molecule is CC1(C)C(=O)C2(C3CC3)C=C3C=CC(=N3)C=c3ccc([nH]3)=CC3=NC(n4cnc(C(O)C(F)(F)F)c4)(C=C3)C=C1N2. The number of imidazole rings is 1. The van der Waals surface area contributed by atoms with Gasteiger partial charge in [0.25, 0.3) is 0 Å². The van der Waals surface area contributed by atoms with Gasteiger partial charge < -0.3 is 20.0 Å². The van der Waals surface area contributed by atoms with Crippen molar-refractivity contribution in [2.24, 2.45) is 21.3 Å². The summed E-state index contributed by atoms with van der Waals surface area (Å²) in [5.74, 6) is 0.0790. The van der Waals surface area contributed by atoms with Gasteiger partial charge in [0.05, 0.1) is 34.6 Å². The number of H-pyrrole nitrogens is 1. The van der Waals surface area contributed by atoms with Crippen molar-refractivity contribution < 1.29 is 23.1 Å². The molecule has 5 aliphatic rings. The van der Waals surface area contributed by atoms with Crippen molar-refractivity contribution in [3.05, 3.63) is 88.9 Å². The van der Waals surface area contributed by atoms with Crippen molar-refractivity contribution in [2.45, 2.75) is 50.2 Å². The lowest BCUT2D eigenvalue weighted by atomic mass is 9.77. The second-order valence-corrected chi connectivity index (χ2v) is 11.7. The van der Waals surface area contributed by atoms with Crippen molar-refractivity contribution in [1.82, 2.24) is 19.9 Å². The number of Topliss-reactive ketones (excluding diaryl/α,β-unsaturated/α-hetero) is 1. The van der Waals surface area contributed by atoms with Crippen LogP contribution >= 0.6 is 0 Å². The third-order valence-electron chi connectivity index (χ3n) is 8.35. The van der Waals surface area contributed by atoms with Crippen LogP contribution in [0, 0.1) is 11.3 Å². The van der Waals surface area contributed by atoms with E-state index in [9.17, 15) is 23.1 Å². The molecule has 2 aromatic heterocycles. The number of rotatable bonds is 3. The fourth-order valence-corrected chi connectivity index (χ4v) is 5.97. The number of hydrogen-bond acceptors (Lipinski definition) is 6. The predicted molar refractivity (Wildman–Crippen MR) is 147 cm³/mol. The quantitative estimate of drug-likeness (QED) is 0.537. The minimum atomic E-state index is -4.87. The third kappa shape index (κ3) is 4.09. The van der Waals surface area contributed by atoms with Gasteiger partial charge in [-0.05, 0) is 93.3 Å². The van der Waals surface area contributed by atoms with Crippen LogP contribution in [0.5, 0.6) is 0 Å². The van der Waals surface area contributed by atoms with Crippen molar-refractivity contribution >= 4 is 29.4 Å². The first-order chi connectivity index (χ1) is 19.4. The smallest absolute Gasteiger partial charge is 0.378 e. The maximum Gasteiger partial charge on any atom is 0.420 e. The summed E-state index contributed by atoms with van der Waals surface area (Å²) >= 11 is 0. The number of fused-ring (bicyclic) bond motifs is 6. The molecule has 1 saturated carbocycles. The molecule has 0 radical (unpaired) electrons. The first kappa shape index (κ1) is 25.7. The fraction of sp³-hybridized carbons (Fsp3) is 0.333. The summed E-state index contributed by atoms with van der Waals surface area (Å²) in [6.45, 7) is 3.68. The normalized spacial score (nSPS) is 28.8. The summed E-state index contributed by atoms with van der Waals surface area (Å²) in [6, 6.07) is 3.81. The highest BCUT2D eigenvalue weighted by Gasteiger charge is 2.60. The molecule has 1 saturated heterocycles. The molecule has 11 heteroatoms. The molecule has 8 bridgehead atoms. The van der Waals surface area contributed by atoms with Crippen LogP contribution in [0.2, 0.25) is 0 Å². The van der Waals surface area contributed by atoms with Crippen LogP contribution in [-0.2, 0) is 10.5 Å². The highest BCUT2D eigenvalue weighted by molar-refractivity contribution is 6.20. The molecular formula is C30H27F3N6O2. The number of aliphatic hydroxyl groups excluding tert-OH is 1. The molecule has 3 atom stereocenters. The first-order valence-electron chi connectivity index (χ1n) is 13.4. The lowest BCUT2D eigenvalue weighted by Crippen LogP contribution is -2.47. The van der Waals surface area contributed by atoms with E-state index in [1.54, 1.807) is 18.2 Å². The Hall–Kier alpha value is -4.25. The Morgan fingerprint density at radius 2 is 1.80 bits per heavy atom. The van der Waals surface area contributed by atoms with E-state index in [-0.39, 0.29) is 11.7 Å². The average Bonchev–Trinajstić information content (AvgIpc) is 3.29. The molecule has 0 amide bonds. The minimum absolute atomic E-state index is 0.00288. The summed E-state index contributed by atoms with van der Waals surface area (Å²) in [4.78, 5) is 31.1. The van der Waals surface area contributed by atoms with E-state index in [2.05, 4.69) is 15.3 Å². The van der Waals surface area contributed by atoms with Crippen LogP contribution in [-0.4, -0.2) is 48.6 Å². The number of allylic oxidation sites excluding steroid dienone is 4. The number of carbonyl (C=O) groups excluding carboxylic acids is 1. The molecule has 6 heterocycles. The number of carbonyl (C=O) groups is 1. The average molecular weight is 561 g/mol. The van der Waals surface area contributed by atoms with E-state index in [0.29, 0.717) is 17.1 Å². The maximum absolute atomic E-state index is 14.2. The maximum atomic E-state index is 14.2. The Morgan fingerprint density at radius 3 is 2.51 bits per heavy atom. The van der Waals surface area contributed by atoms with Crippen LogP contribution in [0.25, 0.3) is 12.2 Å². The van der Waals surface area contributed by atoms with Crippen molar-refractivity contribution in [1.29, 1.82) is 0 Å². The standard InChI is InChI=1S/C30H27F3N6O2/c1-27(2)24-14-28(39-15-23(34-16-39)25(40)30(31,32)33)10-9-21(37-28)12-20-6-5-18(35-20)11-19-7-8-22(36-19)13-29(38-24,26(27)41)17-3-4-17/h5-17,25,35,38,40H,3-4H2,1-2H3. The van der Waals surface area contributed by atoms with E-state index in [1.807, 2.05) is 56.4 Å². The van der Waals surface area contributed by atoms with E-state index < -0.39 is 34.6 Å². The summed E-state index contributed by atoms with van der Waals surface area (Å²) in [7, 11) is 0. The van der Waals surface area contributed by atoms with Gasteiger partial charge >= 0.3 is 6.18 Å². The van der Waals surface area contributed by atoms with Gasteiger partial charge in [-0.1, -0.05) is 0 Å². The van der Waals surface area contributed by atoms with Crippen LogP contribution in [0.15, 0.2) is 82.5 Å². The Morgan fingerprint density at radius 1 is 1.07 bits per heavy atom. The van der Waals surface area contributed by atoms with Gasteiger partial charge in [-0.15, -0.1) is 0 Å². The minimum Gasteiger partial charge on any atom is -0.378 e. The molecule has 2 fully saturated rings. The summed E-state index contributed by atoms with van der Waals surface area (Å²) in [5.41, 5.74) is -1.23. The highest BCUT2D eigenvalue weighted by Crippen LogP contribution is 2.52. The Labute approximate surface area is 232 Å². The summed E-state index contributed by atoms with van der Waals surface area (Å²) < 4.78 is 41.3. The number of aromatic nitrogens is 3. The van der Waals surface area contributed by atoms with Crippen LogP contribution in [0.3, 0.4) is 0 Å². The van der Waals surface area contributed by atoms with Crippen molar-refractivity contribution in [3.8, 4) is 0 Å². The molecule has 41 heavy (non-hydrogen) atoms. The molecule has 3 N–H and O–H groups in total. The summed E-state index contributed by atoms with van der Waals surface area (Å²) in [6.07, 6.45) is 11.3. The number of alkyl halides is 3. The zero-order valence-corrected chi connectivity index (χ0v) is 22.3. The van der Waals surface area contributed by atoms with Crippen molar-refractivity contribution in [2.75, 3.05) is 0 Å². The molecule has 210 valence electrons. The topological polar surface area (TPSA) is 108 Å². The highest BCUT2D eigenvalue weighted by atomic mass is 19.4. The van der Waals surface area contributed by atoms with E-state index in [4.69, 9.17) is 9.98 Å². The Balaban J connectivity index is 1.46. The van der Waals surface area contributed by atoms with Gasteiger partial charge in [-0.3, -0.25) is 4.79 Å². The van der Waals surface area contributed by atoms with Crippen LogP contribution in [0.4, 0.5) is 13.2 Å². The van der Waals surface area contributed by atoms with Crippen molar-refractivity contribution in [3.63, 3.8) is 0 Å². The van der Waals surface area contributed by atoms with E-state index >= 15 is 0 Å². The number of aliphatic hydroxyl groups is 1. The molecule has 0 aromatic carbocycles. The van der Waals surface area contributed by atoms with Gasteiger partial charge in [-0.25, -0.2) is 15.0 Å². The molecule has 8 nitrogen and oxygen atoms in total. The first-order valence-corrected chi connectivity index (χ1v) is 13.4. The fourth-order valence-electron chi connectivity index (χ4n) is 5.97. The monoisotopic (exact) mass is 560 g/mol. The lowest BCUT2D eigenvalue weighted by Gasteiger charge is -2.27. The number of halogens is 3. The molecular weight excluding hydrogens is 533 g/mol. The van der Waals surface area contributed by atoms with Gasteiger partial charge in [0, 0.05) is 22.6 Å². The lowest BCUT2D eigenvalue weighted by molar-refractivity contribution is -0.207. The van der Waals surface area contributed by atoms with Gasteiger partial charge in [0.1, 0.15) is 5.54 Å². The van der Waals surface area contributed by atoms with Crippen LogP contribution in [0.1, 0.15) is 38.5 Å². The van der Waals surface area contributed by atoms with Crippen LogP contribution < -0.4 is 16.0 Å². The largest absolute Gasteiger partial charge is 0.420 e.